The number of allylic oxidation sites excluding steroid dienone is 3. The summed E-state index contributed by atoms with van der Waals surface area (Å²) in [5.74, 6) is 0.274. The summed E-state index contributed by atoms with van der Waals surface area (Å²) in [5, 5.41) is 5.09. The fraction of sp³-hybridized carbons (Fsp3) is 0.0682. The largest absolute Gasteiger partial charge is 0.309 e. The van der Waals surface area contributed by atoms with Crippen molar-refractivity contribution in [1.29, 1.82) is 0 Å². The molecule has 3 nitrogen and oxygen atoms in total. The van der Waals surface area contributed by atoms with Gasteiger partial charge in [-0.3, -0.25) is 4.99 Å². The number of benzene rings is 6. The summed E-state index contributed by atoms with van der Waals surface area (Å²) in [6.45, 7) is 0. The van der Waals surface area contributed by atoms with Crippen molar-refractivity contribution < 1.29 is 0 Å². The molecular weight excluding hydrogens is 571 g/mol. The van der Waals surface area contributed by atoms with Gasteiger partial charge < -0.3 is 9.13 Å². The molecule has 3 heteroatoms. The molecule has 47 heavy (non-hydrogen) atoms. The highest BCUT2D eigenvalue weighted by molar-refractivity contribution is 6.12. The van der Waals surface area contributed by atoms with Crippen molar-refractivity contribution in [2.75, 3.05) is 0 Å². The lowest BCUT2D eigenvalue weighted by molar-refractivity contribution is 0.863. The predicted molar refractivity (Wildman–Crippen MR) is 198 cm³/mol. The average molecular weight is 602 g/mol. The molecule has 1 atom stereocenters. The van der Waals surface area contributed by atoms with Gasteiger partial charge in [0.05, 0.1) is 27.8 Å². The Morgan fingerprint density at radius 1 is 0.532 bits per heavy atom. The van der Waals surface area contributed by atoms with Gasteiger partial charge in [-0.05, 0) is 78.2 Å². The molecule has 0 N–H and O–H groups in total. The highest BCUT2D eigenvalue weighted by Crippen LogP contribution is 2.41. The summed E-state index contributed by atoms with van der Waals surface area (Å²) >= 11 is 0. The molecule has 0 saturated heterocycles. The third-order valence-corrected chi connectivity index (χ3v) is 10.1. The highest BCUT2D eigenvalue weighted by Gasteiger charge is 2.24. The predicted octanol–water partition coefficient (Wildman–Crippen LogP) is 11.5. The lowest BCUT2D eigenvalue weighted by atomic mass is 9.83. The molecule has 0 radical (unpaired) electrons. The van der Waals surface area contributed by atoms with E-state index >= 15 is 0 Å². The van der Waals surface area contributed by atoms with E-state index in [2.05, 4.69) is 167 Å². The number of fused-ring (bicyclic) bond motifs is 8. The topological polar surface area (TPSA) is 22.2 Å². The number of hydrogen-bond acceptors (Lipinski definition) is 1. The molecule has 3 heterocycles. The van der Waals surface area contributed by atoms with Crippen molar-refractivity contribution >= 4 is 66.7 Å². The third kappa shape index (κ3) is 4.10. The lowest BCUT2D eigenvalue weighted by Crippen LogP contribution is -2.16. The summed E-state index contributed by atoms with van der Waals surface area (Å²) in [7, 11) is 0. The van der Waals surface area contributed by atoms with Crippen LogP contribution in [0.3, 0.4) is 0 Å². The third-order valence-electron chi connectivity index (χ3n) is 10.1. The normalized spacial score (nSPS) is 15.9. The van der Waals surface area contributed by atoms with E-state index in [4.69, 9.17) is 4.99 Å². The standard InChI is InChI=1S/C44H31N3/c1-3-11-33(12-4-1)46-41-17-9-7-15-35(41)37-26-30(22-24-43(37)46)29-21-23-39-31(25-29)19-20-32-27-44-38(28-40(32)45-39)36-16-8-10-18-42(36)47(44)34-13-5-2-6-14-34/h1-22,24,26-28,31H,23,25H2. The summed E-state index contributed by atoms with van der Waals surface area (Å²) in [5.41, 5.74) is 13.5. The molecule has 0 spiro atoms. The van der Waals surface area contributed by atoms with Crippen molar-refractivity contribution in [2.24, 2.45) is 10.9 Å². The Balaban J connectivity index is 1.05. The van der Waals surface area contributed by atoms with Crippen LogP contribution in [0.5, 0.6) is 0 Å². The molecule has 222 valence electrons. The van der Waals surface area contributed by atoms with Gasteiger partial charge in [0.25, 0.3) is 0 Å². The minimum absolute atomic E-state index is 0.274. The van der Waals surface area contributed by atoms with Crippen LogP contribution in [0.4, 0.5) is 5.69 Å². The van der Waals surface area contributed by atoms with E-state index < -0.39 is 0 Å². The highest BCUT2D eigenvalue weighted by atomic mass is 15.0. The second-order valence-corrected chi connectivity index (χ2v) is 12.7. The van der Waals surface area contributed by atoms with Gasteiger partial charge in [-0.25, -0.2) is 0 Å². The van der Waals surface area contributed by atoms with Crippen molar-refractivity contribution in [2.45, 2.75) is 12.8 Å². The van der Waals surface area contributed by atoms with E-state index in [1.807, 2.05) is 0 Å². The molecule has 1 aliphatic carbocycles. The number of hydrogen-bond donors (Lipinski definition) is 0. The molecule has 8 aromatic rings. The van der Waals surface area contributed by atoms with E-state index in [1.54, 1.807) is 0 Å². The van der Waals surface area contributed by atoms with Crippen molar-refractivity contribution in [3.63, 3.8) is 0 Å². The van der Waals surface area contributed by atoms with Gasteiger partial charge in [-0.15, -0.1) is 0 Å². The molecule has 0 bridgehead atoms. The average Bonchev–Trinajstić information content (AvgIpc) is 3.56. The molecular formula is C44H31N3. The van der Waals surface area contributed by atoms with E-state index in [1.165, 1.54) is 77.4 Å². The number of rotatable bonds is 3. The van der Waals surface area contributed by atoms with Crippen LogP contribution in [-0.2, 0) is 0 Å². The maximum Gasteiger partial charge on any atom is 0.0709 e. The molecule has 1 aliphatic heterocycles. The van der Waals surface area contributed by atoms with Gasteiger partial charge in [0.1, 0.15) is 0 Å². The van der Waals surface area contributed by atoms with E-state index in [0.29, 0.717) is 0 Å². The second kappa shape index (κ2) is 10.3. The zero-order valence-electron chi connectivity index (χ0n) is 25.8. The van der Waals surface area contributed by atoms with Gasteiger partial charge in [-0.2, -0.15) is 0 Å². The molecule has 1 unspecified atom stereocenters. The first kappa shape index (κ1) is 26.3. The summed E-state index contributed by atoms with van der Waals surface area (Å²) in [6, 6.07) is 50.5. The fourth-order valence-corrected chi connectivity index (χ4v) is 7.87. The van der Waals surface area contributed by atoms with Crippen LogP contribution < -0.4 is 0 Å². The Bertz CT molecular complexity index is 2610. The van der Waals surface area contributed by atoms with Gasteiger partial charge in [0.15, 0.2) is 0 Å². The zero-order valence-corrected chi connectivity index (χ0v) is 25.8. The van der Waals surface area contributed by atoms with E-state index in [0.717, 1.165) is 18.5 Å². The molecule has 10 rings (SSSR count). The lowest BCUT2D eigenvalue weighted by Gasteiger charge is -2.22. The minimum Gasteiger partial charge on any atom is -0.309 e. The molecule has 2 aromatic heterocycles. The smallest absolute Gasteiger partial charge is 0.0709 e. The first-order chi connectivity index (χ1) is 23.3. The summed E-state index contributed by atoms with van der Waals surface area (Å²) in [4.78, 5) is 5.35. The van der Waals surface area contributed by atoms with Crippen LogP contribution in [0.1, 0.15) is 24.0 Å². The van der Waals surface area contributed by atoms with Crippen LogP contribution in [0.15, 0.2) is 157 Å². The Morgan fingerprint density at radius 3 is 1.83 bits per heavy atom. The minimum atomic E-state index is 0.274. The van der Waals surface area contributed by atoms with Crippen LogP contribution >= 0.6 is 0 Å². The number of aromatic nitrogens is 2. The Labute approximate surface area is 273 Å². The second-order valence-electron chi connectivity index (χ2n) is 12.7. The van der Waals surface area contributed by atoms with Gasteiger partial charge in [0, 0.05) is 56.5 Å². The zero-order chi connectivity index (χ0) is 30.9. The Hall–Kier alpha value is -5.93. The molecule has 6 aromatic carbocycles. The molecule has 0 amide bonds. The maximum absolute atomic E-state index is 5.35. The first-order valence-corrected chi connectivity index (χ1v) is 16.5. The Kier molecular flexibility index (Phi) is 5.76. The monoisotopic (exact) mass is 601 g/mol. The van der Waals surface area contributed by atoms with E-state index in [9.17, 15) is 0 Å². The maximum atomic E-state index is 5.35. The van der Waals surface area contributed by atoms with Gasteiger partial charge in [-0.1, -0.05) is 97.1 Å². The quantitative estimate of drug-likeness (QED) is 0.192. The number of aliphatic imine (C=N–C) groups is 1. The van der Waals surface area contributed by atoms with Crippen LogP contribution in [0, 0.1) is 5.92 Å². The molecule has 0 fully saturated rings. The van der Waals surface area contributed by atoms with Crippen LogP contribution in [0.2, 0.25) is 0 Å². The summed E-state index contributed by atoms with van der Waals surface area (Å²) in [6.07, 6.45) is 8.91. The van der Waals surface area contributed by atoms with E-state index in [-0.39, 0.29) is 5.92 Å². The first-order valence-electron chi connectivity index (χ1n) is 16.5. The van der Waals surface area contributed by atoms with Crippen molar-refractivity contribution in [3.8, 4) is 11.4 Å². The van der Waals surface area contributed by atoms with Gasteiger partial charge >= 0.3 is 0 Å². The van der Waals surface area contributed by atoms with Crippen molar-refractivity contribution in [1.82, 2.24) is 9.13 Å². The molecule has 0 saturated carbocycles. The summed E-state index contributed by atoms with van der Waals surface area (Å²) < 4.78 is 4.77. The number of para-hydroxylation sites is 4. The Morgan fingerprint density at radius 2 is 1.13 bits per heavy atom. The number of nitrogens with zero attached hydrogens (tertiary/aromatic N) is 3. The SMILES string of the molecule is C1=CC2CC(c3ccc4c(c3)c3ccccc3n4-c3ccccc3)=CCC2=Nc2cc3c4ccccc4n(-c4ccccc4)c3cc21. The fourth-order valence-electron chi connectivity index (χ4n) is 7.87. The van der Waals surface area contributed by atoms with Crippen molar-refractivity contribution in [3.05, 3.63) is 163 Å². The van der Waals surface area contributed by atoms with Gasteiger partial charge in [0.2, 0.25) is 0 Å². The van der Waals surface area contributed by atoms with Crippen LogP contribution in [-0.4, -0.2) is 14.8 Å². The molecule has 2 aliphatic rings. The van der Waals surface area contributed by atoms with Crippen LogP contribution in [0.25, 0.3) is 66.6 Å².